The number of benzene rings is 7. The number of para-hydroxylation sites is 1. The van der Waals surface area contributed by atoms with Crippen molar-refractivity contribution in [2.75, 3.05) is 0 Å². The van der Waals surface area contributed by atoms with Crippen LogP contribution in [0, 0.1) is 18.8 Å². The minimum Gasteiger partial charge on any atom is -0.462 e. The van der Waals surface area contributed by atoms with Gasteiger partial charge in [0.15, 0.2) is 0 Å². The number of hydrogen-bond donors (Lipinski definition) is 0. The predicted molar refractivity (Wildman–Crippen MR) is 219 cm³/mol. The van der Waals surface area contributed by atoms with Crippen LogP contribution in [0.4, 0.5) is 0 Å². The van der Waals surface area contributed by atoms with Crippen molar-refractivity contribution in [2.45, 2.75) is 6.92 Å². The largest absolute Gasteiger partial charge is 0.462 e. The molecule has 7 aromatic carbocycles. The van der Waals surface area contributed by atoms with Gasteiger partial charge in [-0.1, -0.05) is 152 Å². The molecule has 2 aliphatic carbocycles. The summed E-state index contributed by atoms with van der Waals surface area (Å²) in [7, 11) is 0. The Labute approximate surface area is 306 Å². The molecular weight excluding hydrogens is 645 g/mol. The molecule has 11 rings (SSSR count). The maximum absolute atomic E-state index is 7.04. The Morgan fingerprint density at radius 1 is 0.434 bits per heavy atom. The summed E-state index contributed by atoms with van der Waals surface area (Å²) in [5, 5.41) is 9.66. The zero-order valence-corrected chi connectivity index (χ0v) is 29.2. The van der Waals surface area contributed by atoms with Gasteiger partial charge in [-0.2, -0.15) is 0 Å². The molecule has 0 spiro atoms. The SMILES string of the molecule is Cc1ccc(C2=c3ccccc3=C(c3cccc4c3oc3cc(-c5c6ccccc6c(-c6ccccc6)c6ccccc56)ccc34)C3C=CC=CC23)o1. The number of rotatable bonds is 4. The van der Waals surface area contributed by atoms with Crippen molar-refractivity contribution in [2.24, 2.45) is 11.8 Å². The minimum atomic E-state index is 0.130. The van der Waals surface area contributed by atoms with E-state index in [2.05, 4.69) is 176 Å². The lowest BCUT2D eigenvalue weighted by atomic mass is 9.71. The Bertz CT molecular complexity index is 3070. The Balaban J connectivity index is 1.17. The second kappa shape index (κ2) is 11.7. The summed E-state index contributed by atoms with van der Waals surface area (Å²) in [5.41, 5.74) is 10.4. The lowest BCUT2D eigenvalue weighted by molar-refractivity contribution is 0.509. The highest BCUT2D eigenvalue weighted by Gasteiger charge is 2.34. The van der Waals surface area contributed by atoms with Crippen LogP contribution in [-0.4, -0.2) is 0 Å². The summed E-state index contributed by atoms with van der Waals surface area (Å²) in [6, 6.07) is 54.8. The number of furan rings is 2. The summed E-state index contributed by atoms with van der Waals surface area (Å²) >= 11 is 0. The molecule has 0 saturated heterocycles. The Hall–Kier alpha value is -6.64. The molecule has 0 fully saturated rings. The van der Waals surface area contributed by atoms with Crippen molar-refractivity contribution in [3.8, 4) is 22.3 Å². The molecule has 2 heterocycles. The van der Waals surface area contributed by atoms with Crippen molar-refractivity contribution < 1.29 is 8.83 Å². The van der Waals surface area contributed by atoms with Gasteiger partial charge in [0.1, 0.15) is 22.7 Å². The van der Waals surface area contributed by atoms with E-state index in [-0.39, 0.29) is 11.8 Å². The summed E-state index contributed by atoms with van der Waals surface area (Å²) in [6.45, 7) is 2.02. The molecule has 0 N–H and O–H groups in total. The van der Waals surface area contributed by atoms with Gasteiger partial charge in [-0.3, -0.25) is 0 Å². The third kappa shape index (κ3) is 4.52. The van der Waals surface area contributed by atoms with E-state index in [9.17, 15) is 0 Å². The van der Waals surface area contributed by atoms with E-state index in [1.807, 2.05) is 6.92 Å². The highest BCUT2D eigenvalue weighted by molar-refractivity contribution is 6.22. The molecule has 0 bridgehead atoms. The van der Waals surface area contributed by atoms with Crippen LogP contribution < -0.4 is 10.4 Å². The molecule has 2 heteroatoms. The molecule has 2 unspecified atom stereocenters. The Morgan fingerprint density at radius 3 is 1.68 bits per heavy atom. The number of fused-ring (bicyclic) bond motifs is 7. The van der Waals surface area contributed by atoms with E-state index in [0.717, 1.165) is 44.6 Å². The van der Waals surface area contributed by atoms with Gasteiger partial charge in [-0.15, -0.1) is 0 Å². The van der Waals surface area contributed by atoms with E-state index >= 15 is 0 Å². The average molecular weight is 679 g/mol. The summed E-state index contributed by atoms with van der Waals surface area (Å²) < 4.78 is 13.3. The van der Waals surface area contributed by atoms with Crippen LogP contribution in [0.25, 0.3) is 76.9 Å². The van der Waals surface area contributed by atoms with Gasteiger partial charge in [0.25, 0.3) is 0 Å². The number of allylic oxidation sites excluding steroid dienone is 4. The van der Waals surface area contributed by atoms with Crippen LogP contribution >= 0.6 is 0 Å². The molecular formula is C51H34O2. The lowest BCUT2D eigenvalue weighted by Crippen LogP contribution is -2.40. The van der Waals surface area contributed by atoms with E-state index in [0.29, 0.717) is 0 Å². The molecule has 0 saturated carbocycles. The van der Waals surface area contributed by atoms with Gasteiger partial charge in [0.05, 0.1) is 0 Å². The molecule has 0 radical (unpaired) electrons. The van der Waals surface area contributed by atoms with Crippen LogP contribution in [0.3, 0.4) is 0 Å². The number of hydrogen-bond acceptors (Lipinski definition) is 2. The highest BCUT2D eigenvalue weighted by atomic mass is 16.3. The topological polar surface area (TPSA) is 26.3 Å². The fourth-order valence-corrected chi connectivity index (χ4v) is 9.19. The fraction of sp³-hybridized carbons (Fsp3) is 0.0588. The van der Waals surface area contributed by atoms with Crippen molar-refractivity contribution in [3.63, 3.8) is 0 Å². The van der Waals surface area contributed by atoms with E-state index in [1.54, 1.807) is 0 Å². The van der Waals surface area contributed by atoms with E-state index < -0.39 is 0 Å². The average Bonchev–Trinajstić information content (AvgIpc) is 3.82. The first-order valence-electron chi connectivity index (χ1n) is 18.4. The highest BCUT2D eigenvalue weighted by Crippen LogP contribution is 2.46. The van der Waals surface area contributed by atoms with Crippen molar-refractivity contribution in [1.29, 1.82) is 0 Å². The first-order valence-corrected chi connectivity index (χ1v) is 18.4. The molecule has 53 heavy (non-hydrogen) atoms. The van der Waals surface area contributed by atoms with Crippen LogP contribution in [0.15, 0.2) is 185 Å². The zero-order chi connectivity index (χ0) is 35.0. The van der Waals surface area contributed by atoms with Crippen LogP contribution in [0.1, 0.15) is 17.1 Å². The monoisotopic (exact) mass is 678 g/mol. The Kier molecular flexibility index (Phi) is 6.63. The predicted octanol–water partition coefficient (Wildman–Crippen LogP) is 11.9. The zero-order valence-electron chi connectivity index (χ0n) is 29.2. The molecule has 2 atom stereocenters. The van der Waals surface area contributed by atoms with E-state index in [1.165, 1.54) is 59.8 Å². The molecule has 2 nitrogen and oxygen atoms in total. The third-order valence-electron chi connectivity index (χ3n) is 11.4. The van der Waals surface area contributed by atoms with Gasteiger partial charge in [0, 0.05) is 33.7 Å². The summed E-state index contributed by atoms with van der Waals surface area (Å²) in [5.74, 6) is 2.13. The summed E-state index contributed by atoms with van der Waals surface area (Å²) in [6.07, 6.45) is 9.03. The molecule has 0 aliphatic heterocycles. The number of aryl methyl sites for hydroxylation is 1. The molecule has 0 amide bonds. The van der Waals surface area contributed by atoms with Gasteiger partial charge in [-0.05, 0) is 91.0 Å². The normalized spacial score (nSPS) is 16.5. The lowest BCUT2D eigenvalue weighted by Gasteiger charge is -2.32. The van der Waals surface area contributed by atoms with Gasteiger partial charge in [0.2, 0.25) is 0 Å². The second-order valence-corrected chi connectivity index (χ2v) is 14.3. The van der Waals surface area contributed by atoms with Gasteiger partial charge in [-0.25, -0.2) is 0 Å². The van der Waals surface area contributed by atoms with Crippen LogP contribution in [0.5, 0.6) is 0 Å². The molecule has 2 aromatic heterocycles. The molecule has 2 aliphatic rings. The second-order valence-electron chi connectivity index (χ2n) is 14.3. The quantitative estimate of drug-likeness (QED) is 0.173. The van der Waals surface area contributed by atoms with Crippen molar-refractivity contribution in [3.05, 3.63) is 203 Å². The fourth-order valence-electron chi connectivity index (χ4n) is 9.19. The standard InChI is InChI=1S/C51H34O2/c1-31-26-29-45(52-31)50-41-22-11-9-20-39(41)49(40-21-10-12-23-42(40)50)44-25-13-24-43-34-28-27-33(30-46(34)53-51(43)44)48-37-18-7-5-16-35(37)47(32-14-3-2-4-15-32)36-17-6-8-19-38(36)48/h2-30,39,41H,1H3. The smallest absolute Gasteiger partial charge is 0.142 e. The maximum Gasteiger partial charge on any atom is 0.142 e. The molecule has 9 aromatic rings. The van der Waals surface area contributed by atoms with Gasteiger partial charge >= 0.3 is 0 Å². The van der Waals surface area contributed by atoms with Gasteiger partial charge < -0.3 is 8.83 Å². The first kappa shape index (κ1) is 30.0. The Morgan fingerprint density at radius 2 is 1.02 bits per heavy atom. The maximum atomic E-state index is 7.04. The summed E-state index contributed by atoms with van der Waals surface area (Å²) in [4.78, 5) is 0. The van der Waals surface area contributed by atoms with Crippen molar-refractivity contribution in [1.82, 2.24) is 0 Å². The molecule has 250 valence electrons. The van der Waals surface area contributed by atoms with Crippen LogP contribution in [0.2, 0.25) is 0 Å². The van der Waals surface area contributed by atoms with Crippen molar-refractivity contribution >= 4 is 54.6 Å². The van der Waals surface area contributed by atoms with E-state index in [4.69, 9.17) is 8.83 Å². The van der Waals surface area contributed by atoms with Crippen LogP contribution in [-0.2, 0) is 0 Å². The third-order valence-corrected chi connectivity index (χ3v) is 11.4. The first-order chi connectivity index (χ1) is 26.2. The minimum absolute atomic E-state index is 0.130.